The molecule has 5 aliphatic carbocycles. The molecular formula is C24H33ClN2O2. The molecule has 0 aliphatic heterocycles. The van der Waals surface area contributed by atoms with Gasteiger partial charge < -0.3 is 15.4 Å². The van der Waals surface area contributed by atoms with Crippen LogP contribution in [0.4, 0.5) is 4.79 Å². The number of halogens is 1. The van der Waals surface area contributed by atoms with Gasteiger partial charge >= 0.3 is 6.03 Å². The van der Waals surface area contributed by atoms with Gasteiger partial charge in [0, 0.05) is 16.6 Å². The Hall–Kier alpha value is -1.26. The number of hydrogen-bond acceptors (Lipinski definition) is 2. The van der Waals surface area contributed by atoms with Crippen LogP contribution < -0.4 is 10.6 Å². The molecule has 4 bridgehead atoms. The molecule has 0 unspecified atom stereocenters. The minimum Gasteiger partial charge on any atom is -0.373 e. The van der Waals surface area contributed by atoms with E-state index in [1.54, 1.807) is 0 Å². The third-order valence-corrected chi connectivity index (χ3v) is 8.23. The molecule has 158 valence electrons. The van der Waals surface area contributed by atoms with Gasteiger partial charge in [-0.15, -0.1) is 0 Å². The molecule has 2 amide bonds. The molecule has 29 heavy (non-hydrogen) atoms. The summed E-state index contributed by atoms with van der Waals surface area (Å²) in [5, 5.41) is 7.48. The lowest BCUT2D eigenvalue weighted by Crippen LogP contribution is -2.62. The van der Waals surface area contributed by atoms with Crippen molar-refractivity contribution in [2.24, 2.45) is 17.8 Å². The van der Waals surface area contributed by atoms with E-state index in [-0.39, 0.29) is 23.7 Å². The number of benzene rings is 1. The number of carbonyl (C=O) groups is 1. The number of nitrogens with one attached hydrogen (secondary N) is 2. The van der Waals surface area contributed by atoms with Gasteiger partial charge in [0.05, 0.1) is 12.7 Å². The van der Waals surface area contributed by atoms with E-state index in [0.29, 0.717) is 6.61 Å². The largest absolute Gasteiger partial charge is 0.373 e. The van der Waals surface area contributed by atoms with Gasteiger partial charge in [0.1, 0.15) is 0 Å². The minimum atomic E-state index is 0.0624. The predicted octanol–water partition coefficient (Wildman–Crippen LogP) is 5.44. The summed E-state index contributed by atoms with van der Waals surface area (Å²) in [4.78, 5) is 12.8. The average molecular weight is 417 g/mol. The second-order valence-corrected chi connectivity index (χ2v) is 10.6. The Morgan fingerprint density at radius 3 is 2.24 bits per heavy atom. The highest BCUT2D eigenvalue weighted by Crippen LogP contribution is 2.55. The smallest absolute Gasteiger partial charge is 0.315 e. The Morgan fingerprint density at radius 2 is 1.62 bits per heavy atom. The van der Waals surface area contributed by atoms with Gasteiger partial charge in [0.2, 0.25) is 0 Å². The van der Waals surface area contributed by atoms with Crippen LogP contribution in [0.5, 0.6) is 0 Å². The summed E-state index contributed by atoms with van der Waals surface area (Å²) >= 11 is 6.22. The summed E-state index contributed by atoms with van der Waals surface area (Å²) in [6.45, 7) is 0.564. The first-order valence-corrected chi connectivity index (χ1v) is 11.9. The molecule has 0 saturated heterocycles. The van der Waals surface area contributed by atoms with Crippen molar-refractivity contribution in [2.45, 2.75) is 88.5 Å². The Kier molecular flexibility index (Phi) is 5.51. The molecule has 0 radical (unpaired) electrons. The summed E-state index contributed by atoms with van der Waals surface area (Å²) in [7, 11) is 0. The van der Waals surface area contributed by atoms with Gasteiger partial charge in [0.25, 0.3) is 0 Å². The van der Waals surface area contributed by atoms with Crippen LogP contribution in [0.15, 0.2) is 24.3 Å². The number of urea groups is 1. The van der Waals surface area contributed by atoms with Crippen LogP contribution in [0, 0.1) is 17.8 Å². The molecule has 5 saturated carbocycles. The van der Waals surface area contributed by atoms with E-state index in [9.17, 15) is 4.79 Å². The van der Waals surface area contributed by atoms with Crippen molar-refractivity contribution >= 4 is 17.6 Å². The highest BCUT2D eigenvalue weighted by atomic mass is 35.5. The Morgan fingerprint density at radius 1 is 1.00 bits per heavy atom. The Balaban J connectivity index is 1.06. The molecule has 4 nitrogen and oxygen atoms in total. The monoisotopic (exact) mass is 416 g/mol. The fraction of sp³-hybridized carbons (Fsp3) is 0.708. The maximum Gasteiger partial charge on any atom is 0.315 e. The summed E-state index contributed by atoms with van der Waals surface area (Å²) < 4.78 is 6.08. The Bertz CT molecular complexity index is 709. The highest BCUT2D eigenvalue weighted by Gasteiger charge is 2.51. The fourth-order valence-corrected chi connectivity index (χ4v) is 7.11. The van der Waals surface area contributed by atoms with Gasteiger partial charge in [-0.3, -0.25) is 0 Å². The lowest BCUT2D eigenvalue weighted by Gasteiger charge is -2.56. The fourth-order valence-electron chi connectivity index (χ4n) is 6.92. The molecule has 0 atom stereocenters. The third-order valence-electron chi connectivity index (χ3n) is 7.86. The number of amides is 2. The molecule has 5 fully saturated rings. The third kappa shape index (κ3) is 4.44. The Labute approximate surface area is 179 Å². The van der Waals surface area contributed by atoms with Crippen molar-refractivity contribution in [3.63, 3.8) is 0 Å². The van der Waals surface area contributed by atoms with Gasteiger partial charge in [-0.05, 0) is 93.6 Å². The summed E-state index contributed by atoms with van der Waals surface area (Å²) in [5.41, 5.74) is 1.14. The van der Waals surface area contributed by atoms with E-state index in [2.05, 4.69) is 10.6 Å². The molecule has 0 spiro atoms. The highest BCUT2D eigenvalue weighted by molar-refractivity contribution is 6.31. The number of ether oxygens (including phenoxy) is 1. The number of hydrogen-bond donors (Lipinski definition) is 2. The van der Waals surface area contributed by atoms with Crippen LogP contribution in [0.2, 0.25) is 5.02 Å². The maximum absolute atomic E-state index is 12.8. The van der Waals surface area contributed by atoms with E-state index in [0.717, 1.165) is 54.0 Å². The van der Waals surface area contributed by atoms with E-state index >= 15 is 0 Å². The van der Waals surface area contributed by atoms with E-state index in [1.165, 1.54) is 38.5 Å². The zero-order valence-corrected chi connectivity index (χ0v) is 17.9. The summed E-state index contributed by atoms with van der Waals surface area (Å²) in [6.07, 6.45) is 12.0. The first-order chi connectivity index (χ1) is 14.1. The van der Waals surface area contributed by atoms with Crippen molar-refractivity contribution < 1.29 is 9.53 Å². The van der Waals surface area contributed by atoms with Crippen LogP contribution in [0.25, 0.3) is 0 Å². The van der Waals surface area contributed by atoms with Crippen LogP contribution in [-0.4, -0.2) is 23.7 Å². The van der Waals surface area contributed by atoms with E-state index < -0.39 is 0 Å². The predicted molar refractivity (Wildman–Crippen MR) is 115 cm³/mol. The molecular weight excluding hydrogens is 384 g/mol. The maximum atomic E-state index is 12.8. The normalized spacial score (nSPS) is 38.0. The lowest BCUT2D eigenvalue weighted by molar-refractivity contribution is -0.0142. The van der Waals surface area contributed by atoms with Crippen molar-refractivity contribution in [1.29, 1.82) is 0 Å². The van der Waals surface area contributed by atoms with Crippen LogP contribution in [0.1, 0.15) is 69.8 Å². The lowest BCUT2D eigenvalue weighted by atomic mass is 9.53. The molecule has 0 heterocycles. The molecule has 5 heteroatoms. The van der Waals surface area contributed by atoms with E-state index in [4.69, 9.17) is 16.3 Å². The molecule has 5 aliphatic rings. The van der Waals surface area contributed by atoms with Gasteiger partial charge in [-0.2, -0.15) is 0 Å². The number of carbonyl (C=O) groups excluding carboxylic acids is 1. The van der Waals surface area contributed by atoms with Crippen LogP contribution in [-0.2, 0) is 11.3 Å². The summed E-state index contributed by atoms with van der Waals surface area (Å²) in [5.74, 6) is 2.56. The summed E-state index contributed by atoms with van der Waals surface area (Å²) in [6, 6.07) is 8.19. The second-order valence-electron chi connectivity index (χ2n) is 10.2. The van der Waals surface area contributed by atoms with Crippen molar-refractivity contribution in [1.82, 2.24) is 10.6 Å². The van der Waals surface area contributed by atoms with Gasteiger partial charge in [-0.1, -0.05) is 29.8 Å². The zero-order chi connectivity index (χ0) is 19.8. The van der Waals surface area contributed by atoms with Gasteiger partial charge in [-0.25, -0.2) is 4.79 Å². The van der Waals surface area contributed by atoms with Crippen LogP contribution >= 0.6 is 11.6 Å². The van der Waals surface area contributed by atoms with Crippen LogP contribution in [0.3, 0.4) is 0 Å². The van der Waals surface area contributed by atoms with Crippen molar-refractivity contribution in [3.8, 4) is 0 Å². The first-order valence-electron chi connectivity index (χ1n) is 11.5. The molecule has 1 aromatic carbocycles. The molecule has 2 N–H and O–H groups in total. The SMILES string of the molecule is O=C(NC12CC3CC(CC(C3)C1)C2)N[C@H]1CC[C@H](OCc2ccccc2Cl)CC1. The van der Waals surface area contributed by atoms with E-state index in [1.807, 2.05) is 24.3 Å². The minimum absolute atomic E-state index is 0.0624. The average Bonchev–Trinajstić information content (AvgIpc) is 2.67. The number of rotatable bonds is 5. The van der Waals surface area contributed by atoms with Crippen molar-refractivity contribution in [2.75, 3.05) is 0 Å². The quantitative estimate of drug-likeness (QED) is 0.671. The second kappa shape index (κ2) is 8.11. The molecule has 0 aromatic heterocycles. The zero-order valence-electron chi connectivity index (χ0n) is 17.2. The molecule has 1 aromatic rings. The standard InChI is InChI=1S/C24H33ClN2O2/c25-22-4-2-1-3-19(22)15-29-21-7-5-20(6-8-21)26-23(28)27-24-12-16-9-17(13-24)11-18(10-16)14-24/h1-4,16-18,20-21H,5-15H2,(H2,26,27,28)/t16?,17?,18?,20-,21-,24?. The topological polar surface area (TPSA) is 50.4 Å². The van der Waals surface area contributed by atoms with Gasteiger partial charge in [0.15, 0.2) is 0 Å². The van der Waals surface area contributed by atoms with Crippen molar-refractivity contribution in [3.05, 3.63) is 34.9 Å². The first kappa shape index (κ1) is 19.7. The molecule has 6 rings (SSSR count).